The summed E-state index contributed by atoms with van der Waals surface area (Å²) in [6, 6.07) is 12.2. The molecule has 3 amide bonds. The van der Waals surface area contributed by atoms with Gasteiger partial charge in [-0.25, -0.2) is 8.78 Å². The molecule has 378 valence electrons. The number of ether oxygens (including phenoxy) is 1. The van der Waals surface area contributed by atoms with Crippen molar-refractivity contribution in [3.63, 3.8) is 0 Å². The minimum absolute atomic E-state index is 0.0184. The first-order chi connectivity index (χ1) is 34.7. The van der Waals surface area contributed by atoms with Gasteiger partial charge in [0.25, 0.3) is 5.91 Å². The molecule has 4 saturated heterocycles. The highest BCUT2D eigenvalue weighted by molar-refractivity contribution is 6.05. The number of aromatic nitrogens is 3. The lowest BCUT2D eigenvalue weighted by Crippen LogP contribution is -2.56. The predicted octanol–water partition coefficient (Wildman–Crippen LogP) is 7.79. The number of β-amino-alcohol motifs (C(OH)–C–C–N with tert-alkyl or cyclic N) is 1. The molecule has 7 aliphatic rings. The highest BCUT2D eigenvalue weighted by Gasteiger charge is 2.51. The van der Waals surface area contributed by atoms with Crippen LogP contribution in [0.15, 0.2) is 48.7 Å². The Morgan fingerprint density at radius 3 is 2.43 bits per heavy atom. The maximum atomic E-state index is 17.2. The number of imide groups is 1. The Bertz CT molecular complexity index is 3010. The second-order valence-corrected chi connectivity index (χ2v) is 22.8. The first-order valence-electron chi connectivity index (χ1n) is 26.3. The maximum Gasteiger partial charge on any atom is 0.319 e. The molecule has 14 nitrogen and oxygen atoms in total. The number of phenolic OH excluding ortho intramolecular Hbond substituents is 1. The number of nitrogens with one attached hydrogen (secondary N) is 1. The van der Waals surface area contributed by atoms with Crippen LogP contribution in [0, 0.1) is 22.5 Å². The van der Waals surface area contributed by atoms with Crippen LogP contribution in [0.3, 0.4) is 0 Å². The number of hydrogen-bond donors (Lipinski definition) is 3. The molecule has 5 aliphatic heterocycles. The third-order valence-electron chi connectivity index (χ3n) is 17.7. The number of fused-ring (bicyclic) bond motifs is 3. The van der Waals surface area contributed by atoms with Crippen molar-refractivity contribution in [2.45, 2.75) is 127 Å². The van der Waals surface area contributed by atoms with Gasteiger partial charge in [0.2, 0.25) is 11.8 Å². The van der Waals surface area contributed by atoms with Crippen molar-refractivity contribution in [2.75, 3.05) is 57.3 Å². The van der Waals surface area contributed by atoms with E-state index in [1.54, 1.807) is 30.2 Å². The molecule has 1 unspecified atom stereocenters. The van der Waals surface area contributed by atoms with Crippen molar-refractivity contribution < 1.29 is 38.1 Å². The molecule has 0 radical (unpaired) electrons. The largest absolute Gasteiger partial charge is 0.508 e. The van der Waals surface area contributed by atoms with Crippen LogP contribution in [-0.4, -0.2) is 128 Å². The number of piperidine rings is 4. The summed E-state index contributed by atoms with van der Waals surface area (Å²) in [6.07, 6.45) is 13.0. The third-order valence-corrected chi connectivity index (χ3v) is 17.7. The van der Waals surface area contributed by atoms with E-state index in [2.05, 4.69) is 32.2 Å². The summed E-state index contributed by atoms with van der Waals surface area (Å²) in [5.74, 6) is -1.11. The molecular formula is C56H64F2N8O6. The van der Waals surface area contributed by atoms with Gasteiger partial charge in [0, 0.05) is 61.4 Å². The molecule has 2 atom stereocenters. The zero-order valence-corrected chi connectivity index (χ0v) is 41.3. The quantitative estimate of drug-likeness (QED) is 0.110. The van der Waals surface area contributed by atoms with Crippen LogP contribution in [0.4, 0.5) is 14.6 Å². The number of aryl methyl sites for hydroxylation is 1. The van der Waals surface area contributed by atoms with E-state index in [0.717, 1.165) is 70.4 Å². The van der Waals surface area contributed by atoms with E-state index in [0.29, 0.717) is 96.0 Å². The molecule has 3 N–H and O–H groups in total. The van der Waals surface area contributed by atoms with E-state index in [1.807, 2.05) is 17.9 Å². The number of anilines is 1. The Kier molecular flexibility index (Phi) is 11.8. The van der Waals surface area contributed by atoms with E-state index in [-0.39, 0.29) is 58.1 Å². The number of rotatable bonds is 11. The zero-order valence-electron chi connectivity index (χ0n) is 41.3. The van der Waals surface area contributed by atoms with Crippen molar-refractivity contribution >= 4 is 45.2 Å². The van der Waals surface area contributed by atoms with Crippen LogP contribution in [-0.2, 0) is 22.6 Å². The fraction of sp³-hybridized carbons (Fsp3) is 0.536. The van der Waals surface area contributed by atoms with Gasteiger partial charge >= 0.3 is 6.01 Å². The summed E-state index contributed by atoms with van der Waals surface area (Å²) in [5.41, 5.74) is 2.96. The molecule has 7 heterocycles. The van der Waals surface area contributed by atoms with Crippen LogP contribution in [0.5, 0.6) is 11.8 Å². The molecule has 72 heavy (non-hydrogen) atoms. The Labute approximate surface area is 418 Å². The van der Waals surface area contributed by atoms with Gasteiger partial charge in [0.1, 0.15) is 34.6 Å². The molecule has 16 heteroatoms. The first kappa shape index (κ1) is 47.2. The van der Waals surface area contributed by atoms with Gasteiger partial charge in [-0.1, -0.05) is 25.1 Å². The molecule has 1 spiro atoms. The van der Waals surface area contributed by atoms with Crippen LogP contribution >= 0.6 is 0 Å². The molecule has 5 aromatic rings. The summed E-state index contributed by atoms with van der Waals surface area (Å²) in [7, 11) is 0. The molecule has 12 rings (SSSR count). The van der Waals surface area contributed by atoms with Gasteiger partial charge in [-0.2, -0.15) is 9.97 Å². The Morgan fingerprint density at radius 2 is 1.69 bits per heavy atom. The lowest BCUT2D eigenvalue weighted by molar-refractivity contribution is -0.136. The fourth-order valence-electron chi connectivity index (χ4n) is 13.4. The number of halogens is 2. The second-order valence-electron chi connectivity index (χ2n) is 22.8. The zero-order chi connectivity index (χ0) is 49.7. The first-order valence-corrected chi connectivity index (χ1v) is 26.3. The van der Waals surface area contributed by atoms with Crippen molar-refractivity contribution in [3.05, 3.63) is 82.5 Å². The summed E-state index contributed by atoms with van der Waals surface area (Å²) in [6.45, 7) is 10.5. The average Bonchev–Trinajstić information content (AvgIpc) is 4.05. The van der Waals surface area contributed by atoms with Crippen molar-refractivity contribution in [1.82, 2.24) is 35.0 Å². The summed E-state index contributed by atoms with van der Waals surface area (Å²) in [4.78, 5) is 60.6. The monoisotopic (exact) mass is 982 g/mol. The number of likely N-dealkylation sites (tertiary alicyclic amines) is 2. The van der Waals surface area contributed by atoms with Gasteiger partial charge in [-0.15, -0.1) is 0 Å². The van der Waals surface area contributed by atoms with Gasteiger partial charge in [-0.05, 0) is 173 Å². The summed E-state index contributed by atoms with van der Waals surface area (Å²) in [5, 5.41) is 25.7. The Balaban J connectivity index is 0.677. The number of aromatic hydroxyl groups is 1. The highest BCUT2D eigenvalue weighted by Crippen LogP contribution is 2.53. The lowest BCUT2D eigenvalue weighted by Gasteiger charge is -2.56. The fourth-order valence-corrected chi connectivity index (χ4v) is 13.4. The lowest BCUT2D eigenvalue weighted by atomic mass is 9.59. The predicted molar refractivity (Wildman–Crippen MR) is 268 cm³/mol. The minimum atomic E-state index is -0.963. The summed E-state index contributed by atoms with van der Waals surface area (Å²) < 4.78 is 38.8. The second kappa shape index (κ2) is 18.0. The van der Waals surface area contributed by atoms with Gasteiger partial charge in [-0.3, -0.25) is 24.7 Å². The highest BCUT2D eigenvalue weighted by atomic mass is 19.1. The average molecular weight is 983 g/mol. The number of carbonyl (C=O) groups excluding carboxylic acids is 3. The van der Waals surface area contributed by atoms with Gasteiger partial charge < -0.3 is 34.5 Å². The van der Waals surface area contributed by atoms with Gasteiger partial charge in [0.05, 0.1) is 17.6 Å². The van der Waals surface area contributed by atoms with E-state index >= 15 is 8.78 Å². The van der Waals surface area contributed by atoms with Crippen molar-refractivity contribution in [1.29, 1.82) is 0 Å². The number of nitrogens with zero attached hydrogens (tertiary/aromatic N) is 7. The number of aliphatic hydroxyl groups is 1. The Morgan fingerprint density at radius 1 is 0.903 bits per heavy atom. The van der Waals surface area contributed by atoms with Crippen LogP contribution < -0.4 is 15.0 Å². The third kappa shape index (κ3) is 8.64. The smallest absolute Gasteiger partial charge is 0.319 e. The van der Waals surface area contributed by atoms with Crippen molar-refractivity contribution in [2.24, 2.45) is 10.8 Å². The molecular weight excluding hydrogens is 919 g/mol. The molecule has 0 bridgehead atoms. The molecule has 2 saturated carbocycles. The number of pyridine rings is 1. The number of amides is 3. The molecule has 2 aromatic heterocycles. The Hall–Kier alpha value is -5.84. The summed E-state index contributed by atoms with van der Waals surface area (Å²) >= 11 is 0. The standard InChI is InChI=1S/C56H64F2N8O6/c1-3-39-43(57)8-6-35-24-38(67)25-41(46(35)39)48-47(58)49-42(28-59-48)50(65-18-4-13-54(2,71)30-65)62-53(61-49)72-32-56(14-15-56)31-63-21-16-55(17-22-63)26-37(27-55)64-19-11-33(12-20-64)34-5-7-40-36(23-34)29-66(52(40)70)44-9-10-45(68)60-51(44)69/h5-8,23-25,28,33,37,44,67,71H,3-4,9-22,26-27,29-32H2,1-2H3,(H,60,68,69)/t44?,54-/m1/s1. The molecule has 6 fully saturated rings. The van der Waals surface area contributed by atoms with E-state index in [1.165, 1.54) is 43.4 Å². The number of carbonyl (C=O) groups is 3. The SMILES string of the molecule is CCc1c(F)ccc2cc(O)cc(-c3ncc4c(N5CCC[C@@](C)(O)C5)nc(OCC5(CN6CCC7(CC6)CC(N6CCC(c8ccc9c(c8)CN(C8CCC(=O)NC8=O)C9=O)CC6)C7)CC5)nc4c3F)c12. The van der Waals surface area contributed by atoms with Gasteiger partial charge in [0.15, 0.2) is 5.82 Å². The van der Waals surface area contributed by atoms with Crippen LogP contribution in [0.2, 0.25) is 0 Å². The molecule has 3 aromatic carbocycles. The normalized spacial score (nSPS) is 24.8. The number of benzene rings is 3. The molecule has 2 aliphatic carbocycles. The van der Waals surface area contributed by atoms with Crippen LogP contribution in [0.25, 0.3) is 32.9 Å². The number of phenols is 1. The maximum absolute atomic E-state index is 17.2. The van der Waals surface area contributed by atoms with Crippen LogP contribution in [0.1, 0.15) is 124 Å². The number of hydrogen-bond acceptors (Lipinski definition) is 12. The van der Waals surface area contributed by atoms with E-state index < -0.39 is 23.3 Å². The van der Waals surface area contributed by atoms with E-state index in [4.69, 9.17) is 14.7 Å². The van der Waals surface area contributed by atoms with E-state index in [9.17, 15) is 24.6 Å². The minimum Gasteiger partial charge on any atom is -0.508 e. The topological polar surface area (TPSA) is 165 Å². The van der Waals surface area contributed by atoms with Crippen molar-refractivity contribution in [3.8, 4) is 23.0 Å².